The molecule has 0 fully saturated rings. The van der Waals surface area contributed by atoms with E-state index in [1.165, 1.54) is 0 Å². The fraction of sp³-hybridized carbons (Fsp3) is 0.250. The Hall–Kier alpha value is -2.37. The lowest BCUT2D eigenvalue weighted by Gasteiger charge is -2.04. The number of nitrogens with one attached hydrogen (secondary N) is 2. The second kappa shape index (κ2) is 5.81. The molecule has 6 heteroatoms. The number of urea groups is 1. The summed E-state index contributed by atoms with van der Waals surface area (Å²) in [6, 6.07) is 7.04. The Morgan fingerprint density at radius 3 is 3.00 bits per heavy atom. The number of carbonyl (C=O) groups is 1. The summed E-state index contributed by atoms with van der Waals surface area (Å²) < 4.78 is 4.84. The first kappa shape index (κ1) is 12.1. The molecule has 0 atom stereocenters. The molecule has 18 heavy (non-hydrogen) atoms. The molecule has 0 bridgehead atoms. The quantitative estimate of drug-likeness (QED) is 0.861. The van der Waals surface area contributed by atoms with Crippen molar-refractivity contribution in [2.24, 2.45) is 0 Å². The number of amides is 2. The number of hydrogen-bond acceptors (Lipinski definition) is 4. The lowest BCUT2D eigenvalue weighted by Crippen LogP contribution is -2.30. The predicted octanol–water partition coefficient (Wildman–Crippen LogP) is 1.74. The summed E-state index contributed by atoms with van der Waals surface area (Å²) in [5.41, 5.74) is 0.940. The molecule has 2 amide bonds. The van der Waals surface area contributed by atoms with Crippen LogP contribution >= 0.6 is 0 Å². The van der Waals surface area contributed by atoms with Gasteiger partial charge in [0.15, 0.2) is 5.82 Å². The van der Waals surface area contributed by atoms with Gasteiger partial charge in [0.25, 0.3) is 0 Å². The minimum Gasteiger partial charge on any atom is -0.360 e. The van der Waals surface area contributed by atoms with Crippen molar-refractivity contribution < 1.29 is 9.32 Å². The predicted molar refractivity (Wildman–Crippen MR) is 66.2 cm³/mol. The standard InChI is InChI=1S/C12H14N4O2/c1-9-8-11(16-18-9)15-12(17)14-7-5-10-4-2-3-6-13-10/h2-4,6,8H,5,7H2,1H3,(H2,14,15,16,17). The number of pyridine rings is 1. The third-order valence-electron chi connectivity index (χ3n) is 2.26. The zero-order chi connectivity index (χ0) is 12.8. The van der Waals surface area contributed by atoms with E-state index in [0.717, 1.165) is 5.69 Å². The lowest BCUT2D eigenvalue weighted by molar-refractivity contribution is 0.252. The second-order valence-corrected chi connectivity index (χ2v) is 3.77. The maximum atomic E-state index is 11.5. The summed E-state index contributed by atoms with van der Waals surface area (Å²) >= 11 is 0. The van der Waals surface area contributed by atoms with E-state index in [4.69, 9.17) is 4.52 Å². The van der Waals surface area contributed by atoms with Crippen molar-refractivity contribution >= 4 is 11.8 Å². The molecule has 94 valence electrons. The van der Waals surface area contributed by atoms with E-state index in [0.29, 0.717) is 24.5 Å². The highest BCUT2D eigenvalue weighted by atomic mass is 16.5. The second-order valence-electron chi connectivity index (χ2n) is 3.77. The third kappa shape index (κ3) is 3.58. The van der Waals surface area contributed by atoms with Crippen LogP contribution in [0.4, 0.5) is 10.6 Å². The Morgan fingerprint density at radius 2 is 2.33 bits per heavy atom. The van der Waals surface area contributed by atoms with Crippen LogP contribution in [-0.4, -0.2) is 22.7 Å². The largest absolute Gasteiger partial charge is 0.360 e. The average molecular weight is 246 g/mol. The number of carbonyl (C=O) groups excluding carboxylic acids is 1. The molecular weight excluding hydrogens is 232 g/mol. The van der Waals surface area contributed by atoms with Crippen molar-refractivity contribution in [2.45, 2.75) is 13.3 Å². The van der Waals surface area contributed by atoms with Crippen molar-refractivity contribution in [3.05, 3.63) is 41.9 Å². The van der Waals surface area contributed by atoms with Crippen molar-refractivity contribution in [3.8, 4) is 0 Å². The summed E-state index contributed by atoms with van der Waals surface area (Å²) in [5.74, 6) is 1.06. The van der Waals surface area contributed by atoms with Crippen molar-refractivity contribution in [3.63, 3.8) is 0 Å². The Balaban J connectivity index is 1.72. The summed E-state index contributed by atoms with van der Waals surface area (Å²) in [7, 11) is 0. The van der Waals surface area contributed by atoms with Crippen LogP contribution in [-0.2, 0) is 6.42 Å². The van der Waals surface area contributed by atoms with Gasteiger partial charge in [-0.2, -0.15) is 0 Å². The number of aryl methyl sites for hydroxylation is 1. The summed E-state index contributed by atoms with van der Waals surface area (Å²) in [4.78, 5) is 15.7. The molecule has 0 radical (unpaired) electrons. The molecule has 2 aromatic heterocycles. The maximum absolute atomic E-state index is 11.5. The van der Waals surface area contributed by atoms with E-state index < -0.39 is 0 Å². The van der Waals surface area contributed by atoms with E-state index in [1.54, 1.807) is 19.2 Å². The van der Waals surface area contributed by atoms with Crippen molar-refractivity contribution in [2.75, 3.05) is 11.9 Å². The van der Waals surface area contributed by atoms with E-state index in [-0.39, 0.29) is 6.03 Å². The van der Waals surface area contributed by atoms with Crippen LogP contribution in [0.5, 0.6) is 0 Å². The monoisotopic (exact) mass is 246 g/mol. The molecule has 0 saturated heterocycles. The number of rotatable bonds is 4. The lowest BCUT2D eigenvalue weighted by atomic mass is 10.3. The summed E-state index contributed by atoms with van der Waals surface area (Å²) in [6.07, 6.45) is 2.42. The number of nitrogens with zero attached hydrogens (tertiary/aromatic N) is 2. The van der Waals surface area contributed by atoms with Gasteiger partial charge in [0.1, 0.15) is 5.76 Å². The van der Waals surface area contributed by atoms with Gasteiger partial charge < -0.3 is 9.84 Å². The number of anilines is 1. The Morgan fingerprint density at radius 1 is 1.44 bits per heavy atom. The molecule has 2 rings (SSSR count). The minimum atomic E-state index is -0.306. The van der Waals surface area contributed by atoms with E-state index in [2.05, 4.69) is 20.8 Å². The van der Waals surface area contributed by atoms with Crippen molar-refractivity contribution in [1.29, 1.82) is 0 Å². The molecule has 6 nitrogen and oxygen atoms in total. The van der Waals surface area contributed by atoms with Gasteiger partial charge in [-0.25, -0.2) is 4.79 Å². The highest BCUT2D eigenvalue weighted by Crippen LogP contribution is 2.06. The molecule has 0 aliphatic carbocycles. The molecule has 2 heterocycles. The summed E-state index contributed by atoms with van der Waals surface area (Å²) in [6.45, 7) is 2.27. The first-order valence-corrected chi connectivity index (χ1v) is 5.62. The van der Waals surface area contributed by atoms with Crippen LogP contribution in [0.25, 0.3) is 0 Å². The van der Waals surface area contributed by atoms with Crippen LogP contribution in [0.3, 0.4) is 0 Å². The number of aromatic nitrogens is 2. The molecule has 0 aliphatic heterocycles. The van der Waals surface area contributed by atoms with Gasteiger partial charge >= 0.3 is 6.03 Å². The van der Waals surface area contributed by atoms with E-state index in [1.807, 2.05) is 18.2 Å². The maximum Gasteiger partial charge on any atom is 0.320 e. The van der Waals surface area contributed by atoms with Gasteiger partial charge in [0.05, 0.1) is 0 Å². The van der Waals surface area contributed by atoms with Gasteiger partial charge in [0.2, 0.25) is 0 Å². The molecule has 0 spiro atoms. The molecule has 2 N–H and O–H groups in total. The van der Waals surface area contributed by atoms with Crippen LogP contribution in [0.2, 0.25) is 0 Å². The number of hydrogen-bond donors (Lipinski definition) is 2. The molecule has 0 aromatic carbocycles. The topological polar surface area (TPSA) is 80.0 Å². The Bertz CT molecular complexity index is 510. The van der Waals surface area contributed by atoms with Gasteiger partial charge in [-0.15, -0.1) is 0 Å². The minimum absolute atomic E-state index is 0.306. The fourth-order valence-corrected chi connectivity index (χ4v) is 1.44. The van der Waals surface area contributed by atoms with Gasteiger partial charge in [-0.1, -0.05) is 11.2 Å². The average Bonchev–Trinajstić information content (AvgIpc) is 2.76. The van der Waals surface area contributed by atoms with Crippen molar-refractivity contribution in [1.82, 2.24) is 15.5 Å². The normalized spacial score (nSPS) is 10.1. The first-order valence-electron chi connectivity index (χ1n) is 5.62. The Labute approximate surface area is 104 Å². The zero-order valence-electron chi connectivity index (χ0n) is 10.0. The third-order valence-corrected chi connectivity index (χ3v) is 2.26. The Kier molecular flexibility index (Phi) is 3.90. The summed E-state index contributed by atoms with van der Waals surface area (Å²) in [5, 5.41) is 8.95. The fourth-order valence-electron chi connectivity index (χ4n) is 1.44. The smallest absolute Gasteiger partial charge is 0.320 e. The van der Waals surface area contributed by atoms with E-state index in [9.17, 15) is 4.79 Å². The van der Waals surface area contributed by atoms with Gasteiger partial charge in [-0.05, 0) is 19.1 Å². The molecule has 0 aliphatic rings. The molecule has 0 saturated carbocycles. The van der Waals surface area contributed by atoms with Crippen LogP contribution in [0, 0.1) is 6.92 Å². The van der Waals surface area contributed by atoms with Crippen LogP contribution in [0.15, 0.2) is 35.0 Å². The van der Waals surface area contributed by atoms with Crippen LogP contribution < -0.4 is 10.6 Å². The van der Waals surface area contributed by atoms with Gasteiger partial charge in [0, 0.05) is 30.9 Å². The van der Waals surface area contributed by atoms with Gasteiger partial charge in [-0.3, -0.25) is 10.3 Å². The highest BCUT2D eigenvalue weighted by Gasteiger charge is 2.04. The SMILES string of the molecule is Cc1cc(NC(=O)NCCc2ccccn2)no1. The molecular formula is C12H14N4O2. The zero-order valence-corrected chi connectivity index (χ0v) is 10.0. The highest BCUT2D eigenvalue weighted by molar-refractivity contribution is 5.88. The first-order chi connectivity index (χ1) is 8.74. The van der Waals surface area contributed by atoms with E-state index >= 15 is 0 Å². The van der Waals surface area contributed by atoms with Crippen LogP contribution in [0.1, 0.15) is 11.5 Å². The molecule has 2 aromatic rings. The molecule has 0 unspecified atom stereocenters.